The molecule has 1 unspecified atom stereocenters. The first-order valence-corrected chi connectivity index (χ1v) is 10.0. The van der Waals surface area contributed by atoms with Crippen LogP contribution in [0.15, 0.2) is 65.8 Å². The van der Waals surface area contributed by atoms with Gasteiger partial charge in [0.15, 0.2) is 0 Å². The maximum atomic E-state index is 12.1. The number of carbonyl (C=O) groups is 2. The van der Waals surface area contributed by atoms with Gasteiger partial charge < -0.3 is 20.4 Å². The van der Waals surface area contributed by atoms with Crippen LogP contribution in [-0.2, 0) is 6.42 Å². The van der Waals surface area contributed by atoms with Crippen molar-refractivity contribution >= 4 is 23.2 Å². The van der Waals surface area contributed by atoms with Crippen LogP contribution >= 0.6 is 0 Å². The Morgan fingerprint density at radius 1 is 1.03 bits per heavy atom. The fourth-order valence-corrected chi connectivity index (χ4v) is 4.21. The monoisotopic (exact) mass is 416 g/mol. The van der Waals surface area contributed by atoms with E-state index in [1.54, 1.807) is 6.07 Å². The summed E-state index contributed by atoms with van der Waals surface area (Å²) < 4.78 is 0. The molecule has 0 saturated carbocycles. The molecule has 2 aliphatic rings. The van der Waals surface area contributed by atoms with Gasteiger partial charge in [-0.25, -0.2) is 9.59 Å². The number of nitrogens with one attached hydrogen (secondary N) is 1. The Labute approximate surface area is 180 Å². The van der Waals surface area contributed by atoms with E-state index in [2.05, 4.69) is 17.5 Å². The van der Waals surface area contributed by atoms with Crippen molar-refractivity contribution in [3.63, 3.8) is 0 Å². The number of fused-ring (bicyclic) bond motifs is 2. The molecule has 0 amide bonds. The number of aromatic carboxylic acids is 2. The molecule has 0 fully saturated rings. The van der Waals surface area contributed by atoms with E-state index in [4.69, 9.17) is 0 Å². The Morgan fingerprint density at radius 3 is 2.42 bits per heavy atom. The minimum Gasteiger partial charge on any atom is -0.478 e. The SMILES string of the molecule is CNC1C=CC2=C(c3ccc(C(=O)O)cc3C(=O)O)c3ccc(N(C)C)cc3CC2=C1. The Bertz CT molecular complexity index is 1190. The van der Waals surface area contributed by atoms with Crippen molar-refractivity contribution in [3.8, 4) is 0 Å². The van der Waals surface area contributed by atoms with Crippen molar-refractivity contribution in [3.05, 3.63) is 93.6 Å². The van der Waals surface area contributed by atoms with Crippen molar-refractivity contribution in [1.29, 1.82) is 0 Å². The number of hydrogen-bond acceptors (Lipinski definition) is 4. The summed E-state index contributed by atoms with van der Waals surface area (Å²) in [5, 5.41) is 22.5. The van der Waals surface area contributed by atoms with Crippen LogP contribution in [0.4, 0.5) is 5.69 Å². The lowest BCUT2D eigenvalue weighted by Crippen LogP contribution is -2.24. The molecule has 2 aromatic rings. The number of nitrogens with zero attached hydrogens (tertiary/aromatic N) is 1. The summed E-state index contributed by atoms with van der Waals surface area (Å²) in [6, 6.07) is 10.6. The van der Waals surface area contributed by atoms with Gasteiger partial charge in [-0.1, -0.05) is 30.4 Å². The molecule has 3 N–H and O–H groups in total. The van der Waals surface area contributed by atoms with E-state index in [-0.39, 0.29) is 17.2 Å². The summed E-state index contributed by atoms with van der Waals surface area (Å²) in [4.78, 5) is 25.5. The second-order valence-corrected chi connectivity index (χ2v) is 7.94. The zero-order valence-corrected chi connectivity index (χ0v) is 17.6. The van der Waals surface area contributed by atoms with E-state index in [0.717, 1.165) is 40.0 Å². The maximum absolute atomic E-state index is 12.1. The number of benzene rings is 2. The molecule has 0 aliphatic heterocycles. The van der Waals surface area contributed by atoms with Crippen LogP contribution < -0.4 is 10.2 Å². The first kappa shape index (κ1) is 20.6. The van der Waals surface area contributed by atoms with Gasteiger partial charge >= 0.3 is 11.9 Å². The molecule has 0 aromatic heterocycles. The lowest BCUT2D eigenvalue weighted by molar-refractivity contribution is 0.0695. The minimum absolute atomic E-state index is 0.0181. The lowest BCUT2D eigenvalue weighted by Gasteiger charge is -2.30. The van der Waals surface area contributed by atoms with E-state index in [9.17, 15) is 19.8 Å². The van der Waals surface area contributed by atoms with E-state index >= 15 is 0 Å². The van der Waals surface area contributed by atoms with Gasteiger partial charge in [0.25, 0.3) is 0 Å². The highest BCUT2D eigenvalue weighted by molar-refractivity contribution is 6.02. The molecule has 158 valence electrons. The zero-order chi connectivity index (χ0) is 22.3. The highest BCUT2D eigenvalue weighted by Crippen LogP contribution is 2.43. The third-order valence-corrected chi connectivity index (χ3v) is 5.82. The zero-order valence-electron chi connectivity index (χ0n) is 17.6. The van der Waals surface area contributed by atoms with Gasteiger partial charge in [0.1, 0.15) is 0 Å². The predicted octanol–water partition coefficient (Wildman–Crippen LogP) is 3.59. The maximum Gasteiger partial charge on any atom is 0.336 e. The number of carboxylic acid groups (broad SMARTS) is 2. The Morgan fingerprint density at radius 2 is 1.77 bits per heavy atom. The standard InChI is InChI=1S/C25H24N2O4/c1-26-17-5-8-19-15(11-17)10-16-12-18(27(2)3)6-9-20(16)23(19)21-7-4-14(24(28)29)13-22(21)25(30)31/h4-9,11-13,17,26H,10H2,1-3H3,(H,28,29)(H,30,31). The van der Waals surface area contributed by atoms with Gasteiger partial charge in [0.2, 0.25) is 0 Å². The quantitative estimate of drug-likeness (QED) is 0.690. The van der Waals surface area contributed by atoms with Crippen LogP contribution in [0.3, 0.4) is 0 Å². The van der Waals surface area contributed by atoms with E-state index in [1.165, 1.54) is 12.1 Å². The first-order chi connectivity index (χ1) is 14.8. The number of allylic oxidation sites excluding steroid dienone is 3. The molecular weight excluding hydrogens is 392 g/mol. The molecule has 0 spiro atoms. The fraction of sp³-hybridized carbons (Fsp3) is 0.200. The van der Waals surface area contributed by atoms with Crippen molar-refractivity contribution < 1.29 is 19.8 Å². The van der Waals surface area contributed by atoms with Crippen molar-refractivity contribution in [2.75, 3.05) is 26.0 Å². The second-order valence-electron chi connectivity index (χ2n) is 7.94. The summed E-state index contributed by atoms with van der Waals surface area (Å²) in [5.74, 6) is -2.30. The minimum atomic E-state index is -1.15. The molecule has 31 heavy (non-hydrogen) atoms. The van der Waals surface area contributed by atoms with E-state index in [1.807, 2.05) is 50.3 Å². The molecule has 0 heterocycles. The molecule has 0 bridgehead atoms. The van der Waals surface area contributed by atoms with Crippen LogP contribution in [-0.4, -0.2) is 49.3 Å². The van der Waals surface area contributed by atoms with E-state index in [0.29, 0.717) is 5.56 Å². The molecular formula is C25H24N2O4. The number of anilines is 1. The van der Waals surface area contributed by atoms with Crippen LogP contribution in [0.5, 0.6) is 0 Å². The predicted molar refractivity (Wildman–Crippen MR) is 121 cm³/mol. The van der Waals surface area contributed by atoms with Gasteiger partial charge in [-0.3, -0.25) is 0 Å². The summed E-state index contributed by atoms with van der Waals surface area (Å²) in [7, 11) is 5.87. The fourth-order valence-electron chi connectivity index (χ4n) is 4.21. The third kappa shape index (κ3) is 3.66. The Kier molecular flexibility index (Phi) is 5.25. The topological polar surface area (TPSA) is 89.9 Å². The third-order valence-electron chi connectivity index (χ3n) is 5.82. The molecule has 2 aliphatic carbocycles. The number of carboxylic acids is 2. The second kappa shape index (κ2) is 7.89. The average molecular weight is 416 g/mol. The average Bonchev–Trinajstić information content (AvgIpc) is 2.76. The summed E-state index contributed by atoms with van der Waals surface area (Å²) in [5.41, 5.74) is 6.52. The van der Waals surface area contributed by atoms with Crippen molar-refractivity contribution in [2.45, 2.75) is 12.5 Å². The van der Waals surface area contributed by atoms with Crippen LogP contribution in [0.1, 0.15) is 37.4 Å². The number of rotatable bonds is 5. The van der Waals surface area contributed by atoms with Crippen molar-refractivity contribution in [1.82, 2.24) is 5.32 Å². The Hall–Kier alpha value is -3.64. The van der Waals surface area contributed by atoms with Crippen LogP contribution in [0.2, 0.25) is 0 Å². The molecule has 0 radical (unpaired) electrons. The summed E-state index contributed by atoms with van der Waals surface area (Å²) in [6.45, 7) is 0. The largest absolute Gasteiger partial charge is 0.478 e. The molecule has 0 saturated heterocycles. The highest BCUT2D eigenvalue weighted by atomic mass is 16.4. The normalized spacial score (nSPS) is 17.0. The molecule has 6 nitrogen and oxygen atoms in total. The van der Waals surface area contributed by atoms with Gasteiger partial charge in [0.05, 0.1) is 11.1 Å². The molecule has 2 aromatic carbocycles. The number of hydrogen-bond donors (Lipinski definition) is 3. The molecule has 1 atom stereocenters. The first-order valence-electron chi connectivity index (χ1n) is 10.0. The molecule has 4 rings (SSSR count). The van der Waals surface area contributed by atoms with Crippen molar-refractivity contribution in [2.24, 2.45) is 0 Å². The highest BCUT2D eigenvalue weighted by Gasteiger charge is 2.28. The van der Waals surface area contributed by atoms with Gasteiger partial charge in [0, 0.05) is 25.8 Å². The van der Waals surface area contributed by atoms with E-state index < -0.39 is 11.9 Å². The number of likely N-dealkylation sites (N-methyl/N-ethyl adjacent to an activating group) is 1. The summed E-state index contributed by atoms with van der Waals surface area (Å²) >= 11 is 0. The van der Waals surface area contributed by atoms with Gasteiger partial charge in [-0.05, 0) is 71.1 Å². The summed E-state index contributed by atoms with van der Waals surface area (Å²) in [6.07, 6.45) is 6.98. The van der Waals surface area contributed by atoms with Gasteiger partial charge in [-0.15, -0.1) is 0 Å². The van der Waals surface area contributed by atoms with Gasteiger partial charge in [-0.2, -0.15) is 0 Å². The van der Waals surface area contributed by atoms with Crippen LogP contribution in [0, 0.1) is 0 Å². The molecule has 6 heteroatoms. The lowest BCUT2D eigenvalue weighted by atomic mass is 9.76. The smallest absolute Gasteiger partial charge is 0.336 e. The van der Waals surface area contributed by atoms with Crippen LogP contribution in [0.25, 0.3) is 5.57 Å². The Balaban J connectivity index is 2.01.